The Morgan fingerprint density at radius 2 is 1.55 bits per heavy atom. The molecule has 1 unspecified atom stereocenters. The molecule has 2 aliphatic rings. The Morgan fingerprint density at radius 3 is 2.09 bits per heavy atom. The van der Waals surface area contributed by atoms with Crippen LogP contribution in [0.15, 0.2) is 82.5 Å². The highest BCUT2D eigenvalue weighted by molar-refractivity contribution is 7.93. The number of fused-ring (bicyclic) bond motifs is 1. The van der Waals surface area contributed by atoms with Crippen molar-refractivity contribution in [2.75, 3.05) is 16.9 Å². The van der Waals surface area contributed by atoms with Gasteiger partial charge < -0.3 is 28.9 Å². The maximum atomic E-state index is 14.2. The van der Waals surface area contributed by atoms with Crippen LogP contribution in [0.1, 0.15) is 85.2 Å². The van der Waals surface area contributed by atoms with Gasteiger partial charge in [0.25, 0.3) is 11.8 Å². The van der Waals surface area contributed by atoms with Crippen molar-refractivity contribution < 1.29 is 47.6 Å². The number of hydrogen-bond donors (Lipinski definition) is 2. The van der Waals surface area contributed by atoms with Gasteiger partial charge in [0, 0.05) is 17.9 Å². The van der Waals surface area contributed by atoms with Crippen LogP contribution in [-0.2, 0) is 49.4 Å². The summed E-state index contributed by atoms with van der Waals surface area (Å²) in [5.74, 6) is -3.85. The van der Waals surface area contributed by atoms with Crippen molar-refractivity contribution in [3.8, 4) is 0 Å². The second-order valence-electron chi connectivity index (χ2n) is 16.0. The fraction of sp³-hybridized carbons (Fsp3) is 0.425. The lowest BCUT2D eigenvalue weighted by molar-refractivity contribution is -0.179. The maximum Gasteiger partial charge on any atom is 0.413 e. The number of carbonyl (C=O) groups is 5. The number of halogens is 1. The topological polar surface area (TPSA) is 198 Å². The summed E-state index contributed by atoms with van der Waals surface area (Å²) in [6.45, 7) is 14.3. The fourth-order valence-corrected chi connectivity index (χ4v) is 8.52. The second-order valence-corrected chi connectivity index (χ2v) is 19.0. The molecule has 1 saturated heterocycles. The van der Waals surface area contributed by atoms with Crippen LogP contribution >= 0.6 is 22.9 Å². The van der Waals surface area contributed by atoms with Crippen molar-refractivity contribution in [1.29, 1.82) is 0 Å². The van der Waals surface area contributed by atoms with E-state index in [1.54, 1.807) is 90.1 Å². The number of β-lactam (4-membered cyclic amide) rings is 1. The lowest BCUT2D eigenvalue weighted by Crippen LogP contribution is -2.82. The van der Waals surface area contributed by atoms with Gasteiger partial charge in [-0.05, 0) is 77.7 Å². The standard InChI is InChI=1S/C40H46ClN5O10S2/c1-37(2,3)54-34(50)39(7,8)56-45-27(26-21-57-35(42-26)44-36(51)55-38(4,5)6)31(47)43-30-32(48)46-28(25(20-41)22-58(52)40(30,46)9)33(49)53-29(23-16-12-10-13-17-23)24-18-14-11-15-19-24/h10-19,21,29-30H,20,22H2,1-9H3,(H,43,47)(H,42,44,51)/b45-27-/t30-,40-,58?/m1/s1. The highest BCUT2D eigenvalue weighted by Crippen LogP contribution is 2.46. The Bertz CT molecular complexity index is 2070. The van der Waals surface area contributed by atoms with E-state index < -0.39 is 80.6 Å². The van der Waals surface area contributed by atoms with Crippen molar-refractivity contribution in [1.82, 2.24) is 15.2 Å². The summed E-state index contributed by atoms with van der Waals surface area (Å²) in [5, 5.41) is 10.5. The zero-order valence-electron chi connectivity index (χ0n) is 33.5. The predicted octanol–water partition coefficient (Wildman–Crippen LogP) is 5.96. The third kappa shape index (κ3) is 9.82. The van der Waals surface area contributed by atoms with Crippen LogP contribution in [-0.4, -0.2) is 89.3 Å². The number of rotatable bonds is 12. The van der Waals surface area contributed by atoms with Gasteiger partial charge in [-0.15, -0.1) is 22.9 Å². The number of carbonyl (C=O) groups excluding carboxylic acids is 5. The first kappa shape index (κ1) is 44.1. The molecule has 0 saturated carbocycles. The average molecular weight is 856 g/mol. The Kier molecular flexibility index (Phi) is 13.0. The van der Waals surface area contributed by atoms with E-state index in [1.165, 1.54) is 26.2 Å². The molecule has 1 aromatic heterocycles. The summed E-state index contributed by atoms with van der Waals surface area (Å²) >= 11 is 5.35. The minimum atomic E-state index is -1.88. The molecule has 2 aromatic carbocycles. The zero-order chi connectivity index (χ0) is 42.8. The molecule has 1 fully saturated rings. The molecule has 2 aliphatic heterocycles. The van der Waals surface area contributed by atoms with Gasteiger partial charge in [0.15, 0.2) is 23.0 Å². The number of hydrogen-bond acceptors (Lipinski definition) is 13. The molecule has 3 aromatic rings. The quantitative estimate of drug-likeness (QED) is 0.0415. The van der Waals surface area contributed by atoms with Gasteiger partial charge in [-0.1, -0.05) is 65.8 Å². The van der Waals surface area contributed by atoms with E-state index >= 15 is 0 Å². The number of oxime groups is 1. The van der Waals surface area contributed by atoms with E-state index in [0.29, 0.717) is 11.1 Å². The number of benzene rings is 2. The van der Waals surface area contributed by atoms with Crippen molar-refractivity contribution in [3.05, 3.63) is 94.1 Å². The smallest absolute Gasteiger partial charge is 0.413 e. The normalized spacial score (nSPS) is 19.8. The molecular formula is C40H46ClN5O10S2. The lowest BCUT2D eigenvalue weighted by Gasteiger charge is -2.56. The monoisotopic (exact) mass is 855 g/mol. The van der Waals surface area contributed by atoms with Crippen LogP contribution in [0.4, 0.5) is 9.93 Å². The van der Waals surface area contributed by atoms with Crippen molar-refractivity contribution in [2.45, 2.75) is 96.1 Å². The first-order valence-electron chi connectivity index (χ1n) is 18.1. The molecule has 0 radical (unpaired) electrons. The molecule has 0 aliphatic carbocycles. The van der Waals surface area contributed by atoms with Gasteiger partial charge in [0.2, 0.25) is 10.5 Å². The first-order valence-corrected chi connectivity index (χ1v) is 20.9. The average Bonchev–Trinajstić information content (AvgIpc) is 3.60. The number of amides is 3. The largest absolute Gasteiger partial charge is 0.614 e. The van der Waals surface area contributed by atoms with Crippen LogP contribution in [0.2, 0.25) is 0 Å². The van der Waals surface area contributed by atoms with E-state index in [9.17, 15) is 28.5 Å². The number of thiazole rings is 1. The van der Waals surface area contributed by atoms with Crippen molar-refractivity contribution in [3.63, 3.8) is 0 Å². The Balaban J connectivity index is 1.45. The van der Waals surface area contributed by atoms with Crippen LogP contribution in [0.3, 0.4) is 0 Å². The van der Waals surface area contributed by atoms with Crippen LogP contribution in [0.5, 0.6) is 0 Å². The van der Waals surface area contributed by atoms with E-state index in [4.69, 9.17) is 30.6 Å². The van der Waals surface area contributed by atoms with Gasteiger partial charge in [0.1, 0.15) is 28.3 Å². The number of esters is 2. The van der Waals surface area contributed by atoms with Crippen LogP contribution < -0.4 is 10.6 Å². The third-order valence-electron chi connectivity index (χ3n) is 8.66. The molecule has 310 valence electrons. The molecule has 3 atom stereocenters. The molecule has 0 spiro atoms. The number of ether oxygens (including phenoxy) is 3. The molecule has 15 nitrogen and oxygen atoms in total. The maximum absolute atomic E-state index is 14.2. The molecular weight excluding hydrogens is 810 g/mol. The van der Waals surface area contributed by atoms with Gasteiger partial charge in [-0.25, -0.2) is 19.4 Å². The molecule has 18 heteroatoms. The number of alkyl halides is 1. The van der Waals surface area contributed by atoms with E-state index in [-0.39, 0.29) is 33.7 Å². The molecule has 3 amide bonds. The summed E-state index contributed by atoms with van der Waals surface area (Å²) in [6.07, 6.45) is -1.66. The van der Waals surface area contributed by atoms with Gasteiger partial charge >= 0.3 is 18.0 Å². The summed E-state index contributed by atoms with van der Waals surface area (Å²) < 4.78 is 30.8. The summed E-state index contributed by atoms with van der Waals surface area (Å²) in [5.41, 5.74) is -2.57. The van der Waals surface area contributed by atoms with Crippen LogP contribution in [0.25, 0.3) is 0 Å². The second kappa shape index (κ2) is 17.1. The van der Waals surface area contributed by atoms with Crippen molar-refractivity contribution >= 4 is 74.8 Å². The minimum absolute atomic E-state index is 0.0357. The highest BCUT2D eigenvalue weighted by Gasteiger charge is 2.70. The highest BCUT2D eigenvalue weighted by atomic mass is 35.5. The number of aromatic nitrogens is 1. The summed E-state index contributed by atoms with van der Waals surface area (Å²) in [7, 11) is 0. The van der Waals surface area contributed by atoms with Crippen molar-refractivity contribution in [2.24, 2.45) is 5.16 Å². The Morgan fingerprint density at radius 1 is 0.983 bits per heavy atom. The van der Waals surface area contributed by atoms with Gasteiger partial charge in [0.05, 0.1) is 5.88 Å². The van der Waals surface area contributed by atoms with Gasteiger partial charge in [-0.3, -0.25) is 19.8 Å². The number of nitrogens with one attached hydrogen (secondary N) is 2. The van der Waals surface area contributed by atoms with Gasteiger partial charge in [-0.2, -0.15) is 0 Å². The lowest BCUT2D eigenvalue weighted by atomic mass is 9.92. The molecule has 0 bridgehead atoms. The summed E-state index contributed by atoms with van der Waals surface area (Å²) in [6, 6.07) is 16.7. The fourth-order valence-electron chi connectivity index (χ4n) is 5.85. The predicted molar refractivity (Wildman–Crippen MR) is 218 cm³/mol. The Hall–Kier alpha value is -4.97. The molecule has 3 heterocycles. The summed E-state index contributed by atoms with van der Waals surface area (Å²) in [4.78, 5) is 77.2. The molecule has 5 rings (SSSR count). The first-order chi connectivity index (χ1) is 27.1. The molecule has 2 N–H and O–H groups in total. The minimum Gasteiger partial charge on any atom is -0.614 e. The Labute approximate surface area is 348 Å². The SMILES string of the molecule is CC(C)(C)OC(=O)Nc1nc(/C(=N/OC(C)(C)C(=O)OC(C)(C)C)C(=O)N[C@@H]2C(=O)N3C(C(=O)OC(c4ccccc4)c4ccccc4)=C(CCl)C[S+]([O-])[C@]23C)cs1. The molecule has 58 heavy (non-hydrogen) atoms. The van der Waals surface area contributed by atoms with E-state index in [0.717, 1.165) is 16.2 Å². The number of nitrogens with zero attached hydrogens (tertiary/aromatic N) is 3. The van der Waals surface area contributed by atoms with E-state index in [2.05, 4.69) is 20.8 Å². The van der Waals surface area contributed by atoms with E-state index in [1.807, 2.05) is 12.1 Å². The third-order valence-corrected chi connectivity index (χ3v) is 11.7. The van der Waals surface area contributed by atoms with Crippen LogP contribution in [0, 0.1) is 0 Å². The number of anilines is 1. The zero-order valence-corrected chi connectivity index (χ0v) is 35.9.